The second-order valence-electron chi connectivity index (χ2n) is 9.42. The van der Waals surface area contributed by atoms with Crippen LogP contribution in [0.4, 0.5) is 0 Å². The van der Waals surface area contributed by atoms with E-state index in [-0.39, 0.29) is 17.4 Å². The molecule has 2 aromatic rings. The molecule has 1 saturated heterocycles. The van der Waals surface area contributed by atoms with Gasteiger partial charge in [0.2, 0.25) is 0 Å². The fraction of sp³-hybridized carbons (Fsp3) is 0.448. The molecular formula is C29H36N2O4. The largest absolute Gasteiger partial charge is 0.507 e. The van der Waals surface area contributed by atoms with Gasteiger partial charge in [0.15, 0.2) is 0 Å². The zero-order valence-corrected chi connectivity index (χ0v) is 21.2. The number of likely N-dealkylation sites (tertiary alicyclic amines) is 1. The zero-order chi connectivity index (χ0) is 25.1. The van der Waals surface area contributed by atoms with Crippen LogP contribution in [0.5, 0.6) is 5.75 Å². The molecule has 1 N–H and O–H groups in total. The molecule has 0 bridgehead atoms. The minimum Gasteiger partial charge on any atom is -0.507 e. The van der Waals surface area contributed by atoms with Gasteiger partial charge in [-0.15, -0.1) is 0 Å². The van der Waals surface area contributed by atoms with Crippen molar-refractivity contribution >= 4 is 17.4 Å². The van der Waals surface area contributed by atoms with Crippen molar-refractivity contribution in [2.75, 3.05) is 26.2 Å². The molecule has 0 radical (unpaired) electrons. The van der Waals surface area contributed by atoms with E-state index in [1.807, 2.05) is 43.3 Å². The van der Waals surface area contributed by atoms with Crippen LogP contribution in [0.25, 0.3) is 5.76 Å². The van der Waals surface area contributed by atoms with Crippen molar-refractivity contribution in [3.05, 3.63) is 70.3 Å². The molecule has 4 rings (SSSR count). The lowest BCUT2D eigenvalue weighted by Gasteiger charge is -2.27. The van der Waals surface area contributed by atoms with Gasteiger partial charge in [0.05, 0.1) is 11.6 Å². The van der Waals surface area contributed by atoms with E-state index in [1.165, 1.54) is 5.56 Å². The van der Waals surface area contributed by atoms with Crippen molar-refractivity contribution in [3.63, 3.8) is 0 Å². The number of fused-ring (bicyclic) bond motifs is 1. The highest BCUT2D eigenvalue weighted by atomic mass is 16.5. The summed E-state index contributed by atoms with van der Waals surface area (Å²) < 4.78 is 5.79. The maximum atomic E-state index is 13.3. The summed E-state index contributed by atoms with van der Waals surface area (Å²) in [5, 5.41) is 11.4. The fourth-order valence-electron chi connectivity index (χ4n) is 5.12. The van der Waals surface area contributed by atoms with Crippen LogP contribution in [0, 0.1) is 0 Å². The van der Waals surface area contributed by atoms with Gasteiger partial charge in [0, 0.05) is 18.5 Å². The van der Waals surface area contributed by atoms with Crippen molar-refractivity contribution in [1.29, 1.82) is 0 Å². The number of aryl methyl sites for hydroxylation is 1. The molecule has 2 unspecified atom stereocenters. The molecule has 0 saturated carbocycles. The molecule has 2 aromatic carbocycles. The van der Waals surface area contributed by atoms with Crippen LogP contribution in [0.1, 0.15) is 62.4 Å². The highest BCUT2D eigenvalue weighted by molar-refractivity contribution is 6.46. The highest BCUT2D eigenvalue weighted by Gasteiger charge is 2.45. The molecule has 1 fully saturated rings. The molecule has 35 heavy (non-hydrogen) atoms. The third kappa shape index (κ3) is 4.98. The Morgan fingerprint density at radius 1 is 1.09 bits per heavy atom. The number of hydrogen-bond donors (Lipinski definition) is 1. The first kappa shape index (κ1) is 25.0. The molecule has 0 aliphatic carbocycles. The number of ketones is 1. The summed E-state index contributed by atoms with van der Waals surface area (Å²) in [7, 11) is 0. The monoisotopic (exact) mass is 476 g/mol. The lowest BCUT2D eigenvalue weighted by atomic mass is 9.93. The smallest absolute Gasteiger partial charge is 0.295 e. The van der Waals surface area contributed by atoms with Crippen molar-refractivity contribution in [2.45, 2.75) is 59.1 Å². The summed E-state index contributed by atoms with van der Waals surface area (Å²) in [5.74, 6) is -0.493. The molecule has 6 nitrogen and oxygen atoms in total. The number of aliphatic hydroxyl groups excluding tert-OH is 1. The van der Waals surface area contributed by atoms with Crippen LogP contribution in [0.2, 0.25) is 0 Å². The first-order valence-corrected chi connectivity index (χ1v) is 12.8. The first-order chi connectivity index (χ1) is 16.9. The Morgan fingerprint density at radius 2 is 1.80 bits per heavy atom. The van der Waals surface area contributed by atoms with Crippen LogP contribution < -0.4 is 4.74 Å². The molecule has 2 aliphatic heterocycles. The molecule has 186 valence electrons. The first-order valence-electron chi connectivity index (χ1n) is 12.8. The number of rotatable bonds is 9. The second kappa shape index (κ2) is 10.6. The maximum Gasteiger partial charge on any atom is 0.295 e. The van der Waals surface area contributed by atoms with E-state index in [4.69, 9.17) is 4.74 Å². The molecule has 2 heterocycles. The quantitative estimate of drug-likeness (QED) is 0.322. The number of carbonyl (C=O) groups is 2. The number of aliphatic hydroxyl groups is 1. The second-order valence-corrected chi connectivity index (χ2v) is 9.42. The van der Waals surface area contributed by atoms with Crippen molar-refractivity contribution < 1.29 is 19.4 Å². The molecule has 0 spiro atoms. The maximum absolute atomic E-state index is 13.3. The third-order valence-electron chi connectivity index (χ3n) is 7.18. The highest BCUT2D eigenvalue weighted by Crippen LogP contribution is 2.40. The standard InChI is InChI=1S/C29H36N2O4/c1-5-20-9-11-21(12-10-20)26-25(27(32)22-13-14-24-23(18-22)17-19(4)35-24)28(33)29(34)31(26)16-8-15-30(6-2)7-3/h9-14,18-19,26,32H,5-8,15-17H2,1-4H3/b27-25+. The minimum absolute atomic E-state index is 0.0795. The lowest BCUT2D eigenvalue weighted by Crippen LogP contribution is -2.33. The van der Waals surface area contributed by atoms with Gasteiger partial charge in [0.1, 0.15) is 17.6 Å². The van der Waals surface area contributed by atoms with E-state index in [1.54, 1.807) is 11.0 Å². The summed E-state index contributed by atoms with van der Waals surface area (Å²) >= 11 is 0. The summed E-state index contributed by atoms with van der Waals surface area (Å²) in [6, 6.07) is 12.9. The Labute approximate surface area is 208 Å². The number of amides is 1. The van der Waals surface area contributed by atoms with Crippen LogP contribution in [0.3, 0.4) is 0 Å². The van der Waals surface area contributed by atoms with Crippen LogP contribution >= 0.6 is 0 Å². The minimum atomic E-state index is -0.625. The number of nitrogens with zero attached hydrogens (tertiary/aromatic N) is 2. The van der Waals surface area contributed by atoms with Crippen molar-refractivity contribution in [1.82, 2.24) is 9.80 Å². The third-order valence-corrected chi connectivity index (χ3v) is 7.18. The molecule has 1 amide bonds. The number of hydrogen-bond acceptors (Lipinski definition) is 5. The van der Waals surface area contributed by atoms with Gasteiger partial charge in [0.25, 0.3) is 11.7 Å². The molecule has 0 aromatic heterocycles. The zero-order valence-electron chi connectivity index (χ0n) is 21.2. The molecular weight excluding hydrogens is 440 g/mol. The molecule has 2 atom stereocenters. The summed E-state index contributed by atoms with van der Waals surface area (Å²) in [4.78, 5) is 30.4. The van der Waals surface area contributed by atoms with Gasteiger partial charge in [-0.1, -0.05) is 45.0 Å². The van der Waals surface area contributed by atoms with Crippen LogP contribution in [-0.2, 0) is 22.4 Å². The van der Waals surface area contributed by atoms with Crippen LogP contribution in [0.15, 0.2) is 48.0 Å². The number of benzene rings is 2. The normalized spacial score (nSPS) is 21.0. The lowest BCUT2D eigenvalue weighted by molar-refractivity contribution is -0.140. The van der Waals surface area contributed by atoms with E-state index < -0.39 is 17.7 Å². The molecule has 2 aliphatic rings. The summed E-state index contributed by atoms with van der Waals surface area (Å²) in [6.45, 7) is 11.5. The van der Waals surface area contributed by atoms with E-state index in [2.05, 4.69) is 25.7 Å². The van der Waals surface area contributed by atoms with Gasteiger partial charge in [-0.05, 0) is 74.3 Å². The number of Topliss-reactive ketones (excluding diaryl/α,β-unsaturated/α-hetero) is 1. The Hall–Kier alpha value is -3.12. The van der Waals surface area contributed by atoms with Gasteiger partial charge < -0.3 is 19.6 Å². The average Bonchev–Trinajstić information content (AvgIpc) is 3.37. The van der Waals surface area contributed by atoms with Crippen molar-refractivity contribution in [3.8, 4) is 5.75 Å². The van der Waals surface area contributed by atoms with E-state index in [9.17, 15) is 14.7 Å². The fourth-order valence-corrected chi connectivity index (χ4v) is 5.12. The Balaban J connectivity index is 1.73. The Bertz CT molecular complexity index is 1120. The van der Waals surface area contributed by atoms with Crippen molar-refractivity contribution in [2.24, 2.45) is 0 Å². The predicted molar refractivity (Wildman–Crippen MR) is 137 cm³/mol. The van der Waals surface area contributed by atoms with Gasteiger partial charge >= 0.3 is 0 Å². The molecule has 6 heteroatoms. The van der Waals surface area contributed by atoms with E-state index in [0.717, 1.165) is 55.8 Å². The number of ether oxygens (including phenoxy) is 1. The SMILES string of the molecule is CCc1ccc(C2/C(=C(\O)c3ccc4c(c3)CC(C)O4)C(=O)C(=O)N2CCCN(CC)CC)cc1. The predicted octanol–water partition coefficient (Wildman–Crippen LogP) is 4.73. The summed E-state index contributed by atoms with van der Waals surface area (Å²) in [6.07, 6.45) is 2.49. The average molecular weight is 477 g/mol. The number of carbonyl (C=O) groups excluding carboxylic acids is 2. The summed E-state index contributed by atoms with van der Waals surface area (Å²) in [5.41, 5.74) is 3.72. The van der Waals surface area contributed by atoms with Gasteiger partial charge in [-0.25, -0.2) is 0 Å². The van der Waals surface area contributed by atoms with Gasteiger partial charge in [-0.3, -0.25) is 9.59 Å². The Morgan fingerprint density at radius 3 is 2.46 bits per heavy atom. The van der Waals surface area contributed by atoms with Gasteiger partial charge in [-0.2, -0.15) is 0 Å². The van der Waals surface area contributed by atoms with E-state index >= 15 is 0 Å². The Kier molecular flexibility index (Phi) is 7.60. The van der Waals surface area contributed by atoms with E-state index in [0.29, 0.717) is 12.1 Å². The topological polar surface area (TPSA) is 70.1 Å². The van der Waals surface area contributed by atoms with Crippen LogP contribution in [-0.4, -0.2) is 58.9 Å².